The number of nitrogens with zero attached hydrogens (tertiary/aromatic N) is 2. The van der Waals surface area contributed by atoms with Gasteiger partial charge in [-0.25, -0.2) is 19.2 Å². The first-order chi connectivity index (χ1) is 26.2. The number of hydrogen-bond acceptors (Lipinski definition) is 11. The summed E-state index contributed by atoms with van der Waals surface area (Å²) in [5, 5.41) is 2.41. The van der Waals surface area contributed by atoms with Gasteiger partial charge in [-0.1, -0.05) is 72.8 Å². The zero-order valence-electron chi connectivity index (χ0n) is 32.0. The lowest BCUT2D eigenvalue weighted by molar-refractivity contribution is -0.163. The van der Waals surface area contributed by atoms with Gasteiger partial charge in [-0.05, 0) is 63.8 Å². The van der Waals surface area contributed by atoms with Gasteiger partial charge >= 0.3 is 24.1 Å². The standard InChI is InChI=1S/C41H49N3O11/c1-27(35(42-39(49)53-25-29-14-9-7-10-15-29)38(48)52-26-34(45)30-16-11-8-12-17-30)54-37(47)33(24-28-19-21-31(51-6)22-20-28)43(5)36(46)32-18-13-23-44(32)40(50)55-41(2,3)4/h7-12,14-17,19-22,27,32-33,35H,13,18,23-26H2,1-6H3,(H,42,49)/t27-,32+,33+,35+/m1/s1. The maximum absolute atomic E-state index is 14.1. The lowest BCUT2D eigenvalue weighted by Crippen LogP contribution is -2.55. The highest BCUT2D eigenvalue weighted by Gasteiger charge is 2.42. The summed E-state index contributed by atoms with van der Waals surface area (Å²) in [6.07, 6.45) is -2.12. The van der Waals surface area contributed by atoms with Gasteiger partial charge in [0, 0.05) is 25.6 Å². The smallest absolute Gasteiger partial charge is 0.410 e. The summed E-state index contributed by atoms with van der Waals surface area (Å²) in [4.78, 5) is 83.0. The van der Waals surface area contributed by atoms with Crippen LogP contribution in [0, 0.1) is 0 Å². The van der Waals surface area contributed by atoms with Gasteiger partial charge in [-0.2, -0.15) is 0 Å². The summed E-state index contributed by atoms with van der Waals surface area (Å²) in [5.74, 6) is -2.38. The zero-order valence-corrected chi connectivity index (χ0v) is 32.0. The minimum absolute atomic E-state index is 0.00974. The van der Waals surface area contributed by atoms with Crippen LogP contribution >= 0.6 is 0 Å². The summed E-state index contributed by atoms with van der Waals surface area (Å²) in [6.45, 7) is 6.09. The molecule has 0 aromatic heterocycles. The van der Waals surface area contributed by atoms with Crippen molar-refractivity contribution in [1.82, 2.24) is 15.1 Å². The van der Waals surface area contributed by atoms with Gasteiger partial charge in [0.05, 0.1) is 7.11 Å². The molecule has 0 saturated carbocycles. The van der Waals surface area contributed by atoms with E-state index in [1.165, 1.54) is 30.9 Å². The van der Waals surface area contributed by atoms with Crippen LogP contribution in [0.25, 0.3) is 0 Å². The Hall–Kier alpha value is -5.92. The molecule has 0 aliphatic carbocycles. The van der Waals surface area contributed by atoms with Crippen LogP contribution in [-0.4, -0.2) is 103 Å². The number of alkyl carbamates (subject to hydrolysis) is 1. The predicted octanol–water partition coefficient (Wildman–Crippen LogP) is 5.12. The molecule has 0 unspecified atom stereocenters. The SMILES string of the molecule is COc1ccc(C[C@@H](C(=O)O[C@H](C)[C@H](NC(=O)OCc2ccccc2)C(=O)OCC(=O)c2ccccc2)N(C)C(=O)[C@@H]2CCCN2C(=O)OC(C)(C)C)cc1. The third-order valence-electron chi connectivity index (χ3n) is 8.79. The number of carbonyl (C=O) groups is 6. The van der Waals surface area contributed by atoms with Gasteiger partial charge in [-0.3, -0.25) is 14.5 Å². The molecule has 1 fully saturated rings. The van der Waals surface area contributed by atoms with E-state index in [0.717, 1.165) is 0 Å². The molecule has 4 rings (SSSR count). The van der Waals surface area contributed by atoms with Crippen molar-refractivity contribution in [1.29, 1.82) is 0 Å². The molecule has 0 spiro atoms. The average Bonchev–Trinajstić information content (AvgIpc) is 3.67. The highest BCUT2D eigenvalue weighted by molar-refractivity contribution is 5.98. The quantitative estimate of drug-likeness (QED) is 0.124. The lowest BCUT2D eigenvalue weighted by Gasteiger charge is -2.34. The van der Waals surface area contributed by atoms with E-state index in [2.05, 4.69) is 5.32 Å². The van der Waals surface area contributed by atoms with Crippen LogP contribution in [-0.2, 0) is 46.4 Å². The van der Waals surface area contributed by atoms with Gasteiger partial charge in [0.25, 0.3) is 0 Å². The number of carbonyl (C=O) groups excluding carboxylic acids is 6. The summed E-state index contributed by atoms with van der Waals surface area (Å²) in [7, 11) is 2.96. The number of amides is 3. The number of ether oxygens (including phenoxy) is 5. The van der Waals surface area contributed by atoms with Crippen molar-refractivity contribution < 1.29 is 52.5 Å². The Morgan fingerprint density at radius 1 is 0.855 bits per heavy atom. The topological polar surface area (TPSA) is 167 Å². The van der Waals surface area contributed by atoms with E-state index in [1.807, 2.05) is 0 Å². The summed E-state index contributed by atoms with van der Waals surface area (Å²) >= 11 is 0. The first-order valence-electron chi connectivity index (χ1n) is 18.0. The van der Waals surface area contributed by atoms with E-state index < -0.39 is 72.3 Å². The third-order valence-corrected chi connectivity index (χ3v) is 8.79. The molecular weight excluding hydrogens is 710 g/mol. The molecule has 1 saturated heterocycles. The van der Waals surface area contributed by atoms with E-state index in [1.54, 1.807) is 106 Å². The number of likely N-dealkylation sites (tertiary alicyclic amines) is 1. The molecule has 1 heterocycles. The fourth-order valence-electron chi connectivity index (χ4n) is 5.84. The number of rotatable bonds is 15. The van der Waals surface area contributed by atoms with Crippen molar-refractivity contribution in [2.75, 3.05) is 27.3 Å². The summed E-state index contributed by atoms with van der Waals surface area (Å²) in [5.41, 5.74) is 0.864. The highest BCUT2D eigenvalue weighted by Crippen LogP contribution is 2.24. The molecule has 55 heavy (non-hydrogen) atoms. The Balaban J connectivity index is 1.56. The molecule has 14 nitrogen and oxygen atoms in total. The Morgan fingerprint density at radius 3 is 2.11 bits per heavy atom. The maximum atomic E-state index is 14.1. The number of benzene rings is 3. The van der Waals surface area contributed by atoms with Crippen molar-refractivity contribution in [3.05, 3.63) is 102 Å². The number of Topliss-reactive ketones (excluding diaryl/α,β-unsaturated/α-hetero) is 1. The summed E-state index contributed by atoms with van der Waals surface area (Å²) < 4.78 is 27.3. The van der Waals surface area contributed by atoms with Crippen molar-refractivity contribution in [3.63, 3.8) is 0 Å². The number of esters is 2. The molecule has 0 bridgehead atoms. The predicted molar refractivity (Wildman–Crippen MR) is 200 cm³/mol. The van der Waals surface area contributed by atoms with Crippen LogP contribution in [0.4, 0.5) is 9.59 Å². The van der Waals surface area contributed by atoms with E-state index >= 15 is 0 Å². The number of methoxy groups -OCH3 is 1. The largest absolute Gasteiger partial charge is 0.497 e. The van der Waals surface area contributed by atoms with Crippen LogP contribution in [0.5, 0.6) is 5.75 Å². The van der Waals surface area contributed by atoms with Crippen LogP contribution in [0.15, 0.2) is 84.9 Å². The molecule has 1 aliphatic rings. The minimum atomic E-state index is -1.61. The van der Waals surface area contributed by atoms with Crippen LogP contribution in [0.1, 0.15) is 62.0 Å². The van der Waals surface area contributed by atoms with E-state index in [4.69, 9.17) is 23.7 Å². The van der Waals surface area contributed by atoms with Crippen molar-refractivity contribution in [3.8, 4) is 5.75 Å². The Labute approximate surface area is 321 Å². The molecule has 1 aliphatic heterocycles. The van der Waals surface area contributed by atoms with E-state index in [9.17, 15) is 28.8 Å². The number of nitrogens with one attached hydrogen (secondary N) is 1. The minimum Gasteiger partial charge on any atom is -0.497 e. The molecule has 0 radical (unpaired) electrons. The second kappa shape index (κ2) is 19.4. The Morgan fingerprint density at radius 2 is 1.49 bits per heavy atom. The van der Waals surface area contributed by atoms with Gasteiger partial charge < -0.3 is 33.9 Å². The molecule has 294 valence electrons. The molecule has 3 amide bonds. The first kappa shape index (κ1) is 41.8. The van der Waals surface area contributed by atoms with Crippen LogP contribution in [0.2, 0.25) is 0 Å². The number of likely N-dealkylation sites (N-methyl/N-ethyl adjacent to an activating group) is 1. The zero-order chi connectivity index (χ0) is 40.1. The van der Waals surface area contributed by atoms with E-state index in [-0.39, 0.29) is 13.0 Å². The second-order valence-electron chi connectivity index (χ2n) is 14.1. The van der Waals surface area contributed by atoms with Crippen molar-refractivity contribution >= 4 is 35.8 Å². The maximum Gasteiger partial charge on any atom is 0.410 e. The van der Waals surface area contributed by atoms with Gasteiger partial charge in [0.2, 0.25) is 5.91 Å². The van der Waals surface area contributed by atoms with E-state index in [0.29, 0.717) is 41.8 Å². The Kier molecular flexibility index (Phi) is 14.8. The Bertz CT molecular complexity index is 1780. The van der Waals surface area contributed by atoms with Crippen LogP contribution in [0.3, 0.4) is 0 Å². The number of hydrogen-bond donors (Lipinski definition) is 1. The molecule has 1 N–H and O–H groups in total. The van der Waals surface area contributed by atoms with Gasteiger partial charge in [0.1, 0.15) is 36.1 Å². The lowest BCUT2D eigenvalue weighted by atomic mass is 10.0. The normalized spacial score (nSPS) is 15.5. The summed E-state index contributed by atoms with van der Waals surface area (Å²) in [6, 6.07) is 20.2. The third kappa shape index (κ3) is 12.3. The van der Waals surface area contributed by atoms with Gasteiger partial charge in [-0.15, -0.1) is 0 Å². The molecule has 4 atom stereocenters. The average molecular weight is 760 g/mol. The van der Waals surface area contributed by atoms with Crippen molar-refractivity contribution in [2.24, 2.45) is 0 Å². The van der Waals surface area contributed by atoms with Crippen LogP contribution < -0.4 is 10.1 Å². The first-order valence-corrected chi connectivity index (χ1v) is 18.0. The fraction of sp³-hybridized carbons (Fsp3) is 0.415. The fourth-order valence-corrected chi connectivity index (χ4v) is 5.84. The monoisotopic (exact) mass is 759 g/mol. The molecule has 14 heteroatoms. The molecule has 3 aromatic carbocycles. The highest BCUT2D eigenvalue weighted by atomic mass is 16.6. The second-order valence-corrected chi connectivity index (χ2v) is 14.1. The number of ketones is 1. The molecule has 3 aromatic rings. The molecular formula is C41H49N3O11. The van der Waals surface area contributed by atoms with Gasteiger partial charge in [0.15, 0.2) is 18.4 Å². The van der Waals surface area contributed by atoms with Crippen molar-refractivity contribution in [2.45, 2.75) is 83.4 Å².